The molecular formula is C15H20F3N. The molecule has 0 aliphatic heterocycles. The molecule has 106 valence electrons. The molecule has 0 bridgehead atoms. The minimum absolute atomic E-state index is 0.288. The molecular weight excluding hydrogens is 251 g/mol. The third-order valence-corrected chi connectivity index (χ3v) is 3.87. The summed E-state index contributed by atoms with van der Waals surface area (Å²) in [6.07, 6.45) is -1.07. The van der Waals surface area contributed by atoms with Gasteiger partial charge < -0.3 is 5.32 Å². The highest BCUT2D eigenvalue weighted by molar-refractivity contribution is 5.29. The SMILES string of the molecule is CC1(C)CCC(NCc2ccccc2C(F)(F)F)C1. The number of alkyl halides is 3. The quantitative estimate of drug-likeness (QED) is 0.860. The molecule has 1 fully saturated rings. The van der Waals surface area contributed by atoms with Gasteiger partial charge in [0.25, 0.3) is 0 Å². The maximum atomic E-state index is 12.8. The molecule has 0 radical (unpaired) electrons. The average Bonchev–Trinajstić information content (AvgIpc) is 2.66. The van der Waals surface area contributed by atoms with Crippen molar-refractivity contribution in [1.29, 1.82) is 0 Å². The Kier molecular flexibility index (Phi) is 3.90. The van der Waals surface area contributed by atoms with Crippen LogP contribution in [0, 0.1) is 5.41 Å². The molecule has 0 heterocycles. The van der Waals surface area contributed by atoms with Crippen molar-refractivity contribution in [3.05, 3.63) is 35.4 Å². The fraction of sp³-hybridized carbons (Fsp3) is 0.600. The van der Waals surface area contributed by atoms with Gasteiger partial charge in [-0.2, -0.15) is 13.2 Å². The van der Waals surface area contributed by atoms with Crippen LogP contribution in [-0.4, -0.2) is 6.04 Å². The Hall–Kier alpha value is -1.03. The summed E-state index contributed by atoms with van der Waals surface area (Å²) in [5, 5.41) is 3.27. The maximum Gasteiger partial charge on any atom is 0.416 e. The molecule has 0 aromatic heterocycles. The molecule has 1 aromatic carbocycles. The van der Waals surface area contributed by atoms with Crippen molar-refractivity contribution in [3.63, 3.8) is 0 Å². The van der Waals surface area contributed by atoms with Gasteiger partial charge >= 0.3 is 6.18 Å². The first-order valence-corrected chi connectivity index (χ1v) is 6.66. The maximum absolute atomic E-state index is 12.8. The summed E-state index contributed by atoms with van der Waals surface area (Å²) in [5.41, 5.74) is 0.112. The van der Waals surface area contributed by atoms with E-state index in [1.54, 1.807) is 12.1 Å². The molecule has 1 atom stereocenters. The predicted octanol–water partition coefficient (Wildman–Crippen LogP) is 4.37. The second kappa shape index (κ2) is 5.16. The lowest BCUT2D eigenvalue weighted by Gasteiger charge is -2.19. The van der Waals surface area contributed by atoms with E-state index in [1.165, 1.54) is 6.07 Å². The van der Waals surface area contributed by atoms with Gasteiger partial charge in [-0.15, -0.1) is 0 Å². The summed E-state index contributed by atoms with van der Waals surface area (Å²) < 4.78 is 38.5. The lowest BCUT2D eigenvalue weighted by atomic mass is 9.92. The predicted molar refractivity (Wildman–Crippen MR) is 69.7 cm³/mol. The molecule has 1 N–H and O–H groups in total. The highest BCUT2D eigenvalue weighted by Crippen LogP contribution is 2.37. The minimum Gasteiger partial charge on any atom is -0.310 e. The standard InChI is InChI=1S/C15H20F3N/c1-14(2)8-7-12(9-14)19-10-11-5-3-4-6-13(11)15(16,17)18/h3-6,12,19H,7-10H2,1-2H3. The number of nitrogens with one attached hydrogen (secondary N) is 1. The Balaban J connectivity index is 2.01. The van der Waals surface area contributed by atoms with Gasteiger partial charge in [0.05, 0.1) is 5.56 Å². The van der Waals surface area contributed by atoms with Crippen molar-refractivity contribution in [2.24, 2.45) is 5.41 Å². The summed E-state index contributed by atoms with van der Waals surface area (Å²) in [6, 6.07) is 6.12. The molecule has 19 heavy (non-hydrogen) atoms. The summed E-state index contributed by atoms with van der Waals surface area (Å²) in [5.74, 6) is 0. The fourth-order valence-electron chi connectivity index (χ4n) is 2.82. The van der Waals surface area contributed by atoms with Crippen molar-refractivity contribution in [1.82, 2.24) is 5.32 Å². The highest BCUT2D eigenvalue weighted by atomic mass is 19.4. The zero-order valence-corrected chi connectivity index (χ0v) is 11.3. The van der Waals surface area contributed by atoms with E-state index >= 15 is 0 Å². The fourth-order valence-corrected chi connectivity index (χ4v) is 2.82. The van der Waals surface area contributed by atoms with Crippen molar-refractivity contribution >= 4 is 0 Å². The summed E-state index contributed by atoms with van der Waals surface area (Å²) in [7, 11) is 0. The minimum atomic E-state index is -4.27. The van der Waals surface area contributed by atoms with Crippen molar-refractivity contribution in [3.8, 4) is 0 Å². The van der Waals surface area contributed by atoms with E-state index < -0.39 is 11.7 Å². The van der Waals surface area contributed by atoms with E-state index in [0.717, 1.165) is 25.3 Å². The van der Waals surface area contributed by atoms with Crippen LogP contribution in [0.4, 0.5) is 13.2 Å². The van der Waals surface area contributed by atoms with Gasteiger partial charge in [0, 0.05) is 12.6 Å². The van der Waals surface area contributed by atoms with Gasteiger partial charge in [0.1, 0.15) is 0 Å². The average molecular weight is 271 g/mol. The van der Waals surface area contributed by atoms with Crippen LogP contribution < -0.4 is 5.32 Å². The molecule has 0 amide bonds. The smallest absolute Gasteiger partial charge is 0.310 e. The lowest BCUT2D eigenvalue weighted by molar-refractivity contribution is -0.138. The topological polar surface area (TPSA) is 12.0 Å². The summed E-state index contributed by atoms with van der Waals surface area (Å²) in [4.78, 5) is 0. The van der Waals surface area contributed by atoms with Crippen molar-refractivity contribution < 1.29 is 13.2 Å². The molecule has 0 saturated heterocycles. The summed E-state index contributed by atoms with van der Waals surface area (Å²) in [6.45, 7) is 4.70. The first-order chi connectivity index (χ1) is 8.78. The van der Waals surface area contributed by atoms with E-state index in [-0.39, 0.29) is 6.54 Å². The normalized spacial score (nSPS) is 22.7. The van der Waals surface area contributed by atoms with Crippen LogP contribution in [0.3, 0.4) is 0 Å². The molecule has 1 unspecified atom stereocenters. The molecule has 0 spiro atoms. The Morgan fingerprint density at radius 2 is 1.95 bits per heavy atom. The zero-order valence-electron chi connectivity index (χ0n) is 11.3. The van der Waals surface area contributed by atoms with Crippen LogP contribution in [0.1, 0.15) is 44.2 Å². The van der Waals surface area contributed by atoms with Crippen molar-refractivity contribution in [2.45, 2.75) is 51.9 Å². The van der Waals surface area contributed by atoms with E-state index in [9.17, 15) is 13.2 Å². The molecule has 2 rings (SSSR count). The van der Waals surface area contributed by atoms with Crippen LogP contribution in [0.15, 0.2) is 24.3 Å². The Morgan fingerprint density at radius 1 is 1.26 bits per heavy atom. The Labute approximate surface area is 112 Å². The van der Waals surface area contributed by atoms with Crippen LogP contribution in [-0.2, 0) is 12.7 Å². The van der Waals surface area contributed by atoms with Crippen molar-refractivity contribution in [2.75, 3.05) is 0 Å². The van der Waals surface area contributed by atoms with E-state index in [1.807, 2.05) is 0 Å². The zero-order chi connectivity index (χ0) is 14.1. The molecule has 1 aliphatic rings. The van der Waals surface area contributed by atoms with E-state index in [0.29, 0.717) is 17.0 Å². The molecule has 4 heteroatoms. The second-order valence-electron chi connectivity index (χ2n) is 6.14. The molecule has 1 saturated carbocycles. The van der Waals surface area contributed by atoms with Gasteiger partial charge in [0.15, 0.2) is 0 Å². The van der Waals surface area contributed by atoms with Crippen LogP contribution in [0.25, 0.3) is 0 Å². The van der Waals surface area contributed by atoms with Crippen LogP contribution in [0.5, 0.6) is 0 Å². The first-order valence-electron chi connectivity index (χ1n) is 6.66. The largest absolute Gasteiger partial charge is 0.416 e. The molecule has 1 aromatic rings. The highest BCUT2D eigenvalue weighted by Gasteiger charge is 2.34. The Morgan fingerprint density at radius 3 is 2.53 bits per heavy atom. The van der Waals surface area contributed by atoms with Gasteiger partial charge in [-0.3, -0.25) is 0 Å². The number of hydrogen-bond acceptors (Lipinski definition) is 1. The number of benzene rings is 1. The molecule has 1 nitrogen and oxygen atoms in total. The van der Waals surface area contributed by atoms with E-state index in [2.05, 4.69) is 19.2 Å². The second-order valence-corrected chi connectivity index (χ2v) is 6.14. The number of hydrogen-bond donors (Lipinski definition) is 1. The third-order valence-electron chi connectivity index (χ3n) is 3.87. The third kappa shape index (κ3) is 3.72. The monoisotopic (exact) mass is 271 g/mol. The van der Waals surface area contributed by atoms with Crippen LogP contribution in [0.2, 0.25) is 0 Å². The number of rotatable bonds is 3. The van der Waals surface area contributed by atoms with Gasteiger partial charge in [-0.05, 0) is 36.3 Å². The molecule has 1 aliphatic carbocycles. The summed E-state index contributed by atoms with van der Waals surface area (Å²) >= 11 is 0. The van der Waals surface area contributed by atoms with Crippen LogP contribution >= 0.6 is 0 Å². The Bertz CT molecular complexity index is 437. The van der Waals surface area contributed by atoms with Gasteiger partial charge in [-0.25, -0.2) is 0 Å². The van der Waals surface area contributed by atoms with Gasteiger partial charge in [-0.1, -0.05) is 32.0 Å². The van der Waals surface area contributed by atoms with E-state index in [4.69, 9.17) is 0 Å². The number of halogens is 3. The first kappa shape index (κ1) is 14.4. The lowest BCUT2D eigenvalue weighted by Crippen LogP contribution is -2.28. The van der Waals surface area contributed by atoms with Gasteiger partial charge in [0.2, 0.25) is 0 Å².